The molecule has 0 saturated carbocycles. The van der Waals surface area contributed by atoms with Gasteiger partial charge >= 0.3 is 0 Å². The van der Waals surface area contributed by atoms with Crippen molar-refractivity contribution in [3.8, 4) is 11.4 Å². The average molecular weight is 391 g/mol. The molecule has 2 aromatic rings. The lowest BCUT2D eigenvalue weighted by Gasteiger charge is -2.20. The third-order valence-electron chi connectivity index (χ3n) is 2.60. The molecule has 0 amide bonds. The lowest BCUT2D eigenvalue weighted by molar-refractivity contribution is 0.563. The van der Waals surface area contributed by atoms with Crippen LogP contribution >= 0.6 is 34.2 Å². The van der Waals surface area contributed by atoms with Gasteiger partial charge in [-0.05, 0) is 34.7 Å². The highest BCUT2D eigenvalue weighted by Gasteiger charge is 2.23. The fourth-order valence-electron chi connectivity index (χ4n) is 1.67. The minimum atomic E-state index is -0.312. The summed E-state index contributed by atoms with van der Waals surface area (Å²) in [5, 5.41) is 0.403. The van der Waals surface area contributed by atoms with E-state index in [1.807, 2.05) is 0 Å². The first-order valence-corrected chi connectivity index (χ1v) is 7.24. The van der Waals surface area contributed by atoms with Crippen LogP contribution in [0.3, 0.4) is 0 Å². The number of hydrogen-bond acceptors (Lipinski definition) is 2. The topological polar surface area (TPSA) is 25.8 Å². The molecule has 0 aliphatic rings. The van der Waals surface area contributed by atoms with E-state index in [9.17, 15) is 4.39 Å². The van der Waals surface area contributed by atoms with Crippen LogP contribution in [0, 0.1) is 9.39 Å². The molecule has 0 spiro atoms. The van der Waals surface area contributed by atoms with Crippen molar-refractivity contribution >= 4 is 34.2 Å². The van der Waals surface area contributed by atoms with Gasteiger partial charge in [0.05, 0.1) is 9.26 Å². The molecule has 0 atom stereocenters. The molecule has 0 fully saturated rings. The number of aromatic nitrogens is 2. The van der Waals surface area contributed by atoms with Crippen molar-refractivity contribution in [1.82, 2.24) is 9.97 Å². The maximum absolute atomic E-state index is 13.3. The second kappa shape index (κ2) is 5.32. The molecule has 0 unspecified atom stereocenters. The van der Waals surface area contributed by atoms with Crippen molar-refractivity contribution in [1.29, 1.82) is 0 Å². The first-order chi connectivity index (χ1) is 8.79. The van der Waals surface area contributed by atoms with Crippen molar-refractivity contribution < 1.29 is 4.39 Å². The van der Waals surface area contributed by atoms with Gasteiger partial charge in [-0.25, -0.2) is 14.4 Å². The van der Waals surface area contributed by atoms with Gasteiger partial charge < -0.3 is 0 Å². The van der Waals surface area contributed by atoms with Crippen LogP contribution in [0.4, 0.5) is 4.39 Å². The standard InChI is InChI=1S/C14H13ClFIN2/c1-14(2,3)11-10(17)12(15)19-13(18-11)8-5-4-6-9(16)7-8/h4-7H,1-3H3. The minimum absolute atomic E-state index is 0.148. The second-order valence-corrected chi connectivity index (χ2v) is 6.70. The molecule has 0 radical (unpaired) electrons. The first-order valence-electron chi connectivity index (χ1n) is 5.78. The fourth-order valence-corrected chi connectivity index (χ4v) is 2.89. The summed E-state index contributed by atoms with van der Waals surface area (Å²) in [5.41, 5.74) is 1.35. The van der Waals surface area contributed by atoms with Crippen LogP contribution in [0.5, 0.6) is 0 Å². The normalized spacial score (nSPS) is 11.7. The predicted octanol–water partition coefficient (Wildman–Crippen LogP) is 4.84. The summed E-state index contributed by atoms with van der Waals surface area (Å²) in [6.07, 6.45) is 0. The summed E-state index contributed by atoms with van der Waals surface area (Å²) in [6, 6.07) is 6.21. The van der Waals surface area contributed by atoms with Crippen LogP contribution in [-0.2, 0) is 5.41 Å². The van der Waals surface area contributed by atoms with Crippen LogP contribution in [-0.4, -0.2) is 9.97 Å². The molecule has 1 aromatic carbocycles. The molecule has 1 heterocycles. The van der Waals surface area contributed by atoms with Crippen molar-refractivity contribution in [3.63, 3.8) is 0 Å². The summed E-state index contributed by atoms with van der Waals surface area (Å²) in [5.74, 6) is 0.142. The molecule has 0 aliphatic heterocycles. The van der Waals surface area contributed by atoms with Gasteiger partial charge in [-0.3, -0.25) is 0 Å². The fraction of sp³-hybridized carbons (Fsp3) is 0.286. The summed E-state index contributed by atoms with van der Waals surface area (Å²) in [7, 11) is 0. The molecule has 0 saturated heterocycles. The van der Waals surface area contributed by atoms with Crippen LogP contribution < -0.4 is 0 Å². The second-order valence-electron chi connectivity index (χ2n) is 5.26. The monoisotopic (exact) mass is 390 g/mol. The number of rotatable bonds is 1. The Labute approximate surface area is 130 Å². The third kappa shape index (κ3) is 3.23. The highest BCUT2D eigenvalue weighted by molar-refractivity contribution is 14.1. The summed E-state index contributed by atoms with van der Waals surface area (Å²) in [6.45, 7) is 6.18. The zero-order valence-corrected chi connectivity index (χ0v) is 13.8. The maximum Gasteiger partial charge on any atom is 0.161 e. The molecule has 0 aliphatic carbocycles. The van der Waals surface area contributed by atoms with Gasteiger partial charge in [0.15, 0.2) is 5.82 Å². The van der Waals surface area contributed by atoms with Gasteiger partial charge in [0, 0.05) is 11.0 Å². The van der Waals surface area contributed by atoms with Gasteiger partial charge in [0.1, 0.15) is 11.0 Å². The predicted molar refractivity (Wildman–Crippen MR) is 83.9 cm³/mol. The number of benzene rings is 1. The van der Waals surface area contributed by atoms with E-state index in [4.69, 9.17) is 11.6 Å². The minimum Gasteiger partial charge on any atom is -0.231 e. The maximum atomic E-state index is 13.3. The average Bonchev–Trinajstić information content (AvgIpc) is 2.31. The van der Waals surface area contributed by atoms with Crippen LogP contribution in [0.2, 0.25) is 5.15 Å². The molecule has 0 N–H and O–H groups in total. The van der Waals surface area contributed by atoms with E-state index >= 15 is 0 Å². The van der Waals surface area contributed by atoms with Crippen LogP contribution in [0.1, 0.15) is 26.5 Å². The van der Waals surface area contributed by atoms with Gasteiger partial charge in [0.2, 0.25) is 0 Å². The zero-order chi connectivity index (χ0) is 14.2. The molecular weight excluding hydrogens is 378 g/mol. The zero-order valence-electron chi connectivity index (χ0n) is 10.8. The number of nitrogens with zero attached hydrogens (tertiary/aromatic N) is 2. The Morgan fingerprint density at radius 3 is 2.47 bits per heavy atom. The van der Waals surface area contributed by atoms with Crippen molar-refractivity contribution in [2.45, 2.75) is 26.2 Å². The van der Waals surface area contributed by atoms with E-state index in [1.165, 1.54) is 12.1 Å². The van der Waals surface area contributed by atoms with E-state index in [0.717, 1.165) is 9.26 Å². The van der Waals surface area contributed by atoms with E-state index in [1.54, 1.807) is 12.1 Å². The van der Waals surface area contributed by atoms with E-state index in [-0.39, 0.29) is 11.2 Å². The molecule has 2 rings (SSSR count). The molecular formula is C14H13ClFIN2. The number of halogens is 3. The lowest BCUT2D eigenvalue weighted by Crippen LogP contribution is -2.17. The molecule has 100 valence electrons. The lowest BCUT2D eigenvalue weighted by atomic mass is 9.92. The Hall–Kier alpha value is -0.750. The van der Waals surface area contributed by atoms with Gasteiger partial charge in [-0.1, -0.05) is 44.5 Å². The van der Waals surface area contributed by atoms with Crippen LogP contribution in [0.25, 0.3) is 11.4 Å². The largest absolute Gasteiger partial charge is 0.231 e. The Kier molecular flexibility index (Phi) is 4.11. The molecule has 1 aromatic heterocycles. The Bertz CT molecular complexity index is 623. The Balaban J connectivity index is 2.63. The van der Waals surface area contributed by atoms with E-state index in [0.29, 0.717) is 16.5 Å². The summed E-state index contributed by atoms with van der Waals surface area (Å²) < 4.78 is 14.1. The van der Waals surface area contributed by atoms with Crippen molar-refractivity contribution in [3.05, 3.63) is 44.5 Å². The van der Waals surface area contributed by atoms with E-state index < -0.39 is 0 Å². The first kappa shape index (κ1) is 14.7. The summed E-state index contributed by atoms with van der Waals surface area (Å²) in [4.78, 5) is 8.78. The molecule has 19 heavy (non-hydrogen) atoms. The number of hydrogen-bond donors (Lipinski definition) is 0. The third-order valence-corrected chi connectivity index (χ3v) is 4.22. The van der Waals surface area contributed by atoms with Crippen molar-refractivity contribution in [2.75, 3.05) is 0 Å². The molecule has 0 bridgehead atoms. The summed E-state index contributed by atoms with van der Waals surface area (Å²) >= 11 is 8.30. The van der Waals surface area contributed by atoms with E-state index in [2.05, 4.69) is 53.3 Å². The quantitative estimate of drug-likeness (QED) is 0.514. The smallest absolute Gasteiger partial charge is 0.161 e. The molecule has 5 heteroatoms. The highest BCUT2D eigenvalue weighted by atomic mass is 127. The Morgan fingerprint density at radius 1 is 1.21 bits per heavy atom. The van der Waals surface area contributed by atoms with Crippen molar-refractivity contribution in [2.24, 2.45) is 0 Å². The van der Waals surface area contributed by atoms with Gasteiger partial charge in [-0.15, -0.1) is 0 Å². The van der Waals surface area contributed by atoms with Gasteiger partial charge in [0.25, 0.3) is 0 Å². The SMILES string of the molecule is CC(C)(C)c1nc(-c2cccc(F)c2)nc(Cl)c1I. The Morgan fingerprint density at radius 2 is 1.89 bits per heavy atom. The van der Waals surface area contributed by atoms with Crippen LogP contribution in [0.15, 0.2) is 24.3 Å². The highest BCUT2D eigenvalue weighted by Crippen LogP contribution is 2.31. The van der Waals surface area contributed by atoms with Gasteiger partial charge in [-0.2, -0.15) is 0 Å². The molecule has 2 nitrogen and oxygen atoms in total.